The second-order valence-corrected chi connectivity index (χ2v) is 4.54. The molecule has 0 radical (unpaired) electrons. The molecule has 0 aliphatic rings. The summed E-state index contributed by atoms with van der Waals surface area (Å²) in [5.41, 5.74) is -0.817. The van der Waals surface area contributed by atoms with Crippen LogP contribution in [0.2, 0.25) is 0 Å². The van der Waals surface area contributed by atoms with E-state index in [1.54, 1.807) is 27.8 Å². The minimum Gasteiger partial charge on any atom is -0.444 e. The molecule has 0 aliphatic carbocycles. The molecule has 0 fully saturated rings. The summed E-state index contributed by atoms with van der Waals surface area (Å²) in [6.45, 7) is 5.14. The van der Waals surface area contributed by atoms with Gasteiger partial charge in [-0.2, -0.15) is 0 Å². The molecule has 1 N–H and O–H groups in total. The Balaban J connectivity index is 2.85. The van der Waals surface area contributed by atoms with Crippen molar-refractivity contribution in [3.05, 3.63) is 22.4 Å². The molecule has 0 aliphatic heterocycles. The third-order valence-corrected chi connectivity index (χ3v) is 1.87. The first-order valence-electron chi connectivity index (χ1n) is 5.00. The maximum atomic E-state index is 11.5. The normalized spacial score (nSPS) is 11.1. The number of aromatic nitrogens is 1. The summed E-state index contributed by atoms with van der Waals surface area (Å²) in [6.07, 6.45) is 0.771. The summed E-state index contributed by atoms with van der Waals surface area (Å²) in [5.74, 6) is 0.101. The van der Waals surface area contributed by atoms with E-state index in [9.17, 15) is 14.9 Å². The van der Waals surface area contributed by atoms with Crippen LogP contribution in [0.3, 0.4) is 0 Å². The van der Waals surface area contributed by atoms with Gasteiger partial charge >= 0.3 is 11.8 Å². The number of nitro groups is 1. The van der Waals surface area contributed by atoms with Crippen molar-refractivity contribution in [2.75, 3.05) is 5.32 Å². The number of nitrogens with one attached hydrogen (secondary N) is 1. The van der Waals surface area contributed by atoms with Gasteiger partial charge in [0.05, 0.1) is 4.92 Å². The van der Waals surface area contributed by atoms with E-state index in [1.165, 1.54) is 16.8 Å². The quantitative estimate of drug-likeness (QED) is 0.635. The number of anilines is 1. The van der Waals surface area contributed by atoms with E-state index in [1.807, 2.05) is 0 Å². The fourth-order valence-electron chi connectivity index (χ4n) is 1.22. The Labute approximate surface area is 98.5 Å². The number of carbonyl (C=O) groups excluding carboxylic acids is 1. The summed E-state index contributed by atoms with van der Waals surface area (Å²) in [7, 11) is 1.60. The van der Waals surface area contributed by atoms with Crippen LogP contribution in [0.4, 0.5) is 16.3 Å². The number of hydrogen-bond donors (Lipinski definition) is 1. The van der Waals surface area contributed by atoms with Gasteiger partial charge < -0.3 is 9.30 Å². The van der Waals surface area contributed by atoms with Gasteiger partial charge in [-0.25, -0.2) is 4.79 Å². The third-order valence-electron chi connectivity index (χ3n) is 1.87. The fraction of sp³-hybridized carbons (Fsp3) is 0.500. The highest BCUT2D eigenvalue weighted by atomic mass is 16.6. The van der Waals surface area contributed by atoms with Crippen LogP contribution in [0.25, 0.3) is 0 Å². The van der Waals surface area contributed by atoms with Crippen LogP contribution < -0.4 is 5.32 Å². The number of rotatable bonds is 2. The molecule has 1 rings (SSSR count). The van der Waals surface area contributed by atoms with Gasteiger partial charge in [0.1, 0.15) is 5.60 Å². The lowest BCUT2D eigenvalue weighted by Gasteiger charge is -2.19. The molecule has 17 heavy (non-hydrogen) atoms. The Bertz CT molecular complexity index is 445. The number of aryl methyl sites for hydroxylation is 1. The Morgan fingerprint density at radius 2 is 2.12 bits per heavy atom. The number of ether oxygens (including phenoxy) is 1. The van der Waals surface area contributed by atoms with Crippen molar-refractivity contribution in [3.63, 3.8) is 0 Å². The van der Waals surface area contributed by atoms with Gasteiger partial charge in [-0.1, -0.05) is 0 Å². The van der Waals surface area contributed by atoms with Crippen molar-refractivity contribution in [2.24, 2.45) is 7.05 Å². The molecule has 1 aromatic heterocycles. The van der Waals surface area contributed by atoms with Crippen molar-refractivity contribution in [1.29, 1.82) is 0 Å². The summed E-state index contributed by atoms with van der Waals surface area (Å²) in [4.78, 5) is 21.6. The molecular formula is C10H15N3O4. The molecule has 0 aromatic carbocycles. The van der Waals surface area contributed by atoms with Gasteiger partial charge in [-0.3, -0.25) is 15.4 Å². The molecule has 1 amide bonds. The van der Waals surface area contributed by atoms with Crippen molar-refractivity contribution < 1.29 is 14.5 Å². The molecule has 94 valence electrons. The first kappa shape index (κ1) is 13.0. The lowest BCUT2D eigenvalue weighted by Crippen LogP contribution is -2.28. The Kier molecular flexibility index (Phi) is 3.40. The predicted octanol–water partition coefficient (Wildman–Crippen LogP) is 2.28. The van der Waals surface area contributed by atoms with Gasteiger partial charge in [-0.15, -0.1) is 0 Å². The van der Waals surface area contributed by atoms with Crippen molar-refractivity contribution in [1.82, 2.24) is 4.57 Å². The van der Waals surface area contributed by atoms with Crippen molar-refractivity contribution >= 4 is 17.6 Å². The first-order valence-corrected chi connectivity index (χ1v) is 5.00. The molecular weight excluding hydrogens is 226 g/mol. The van der Waals surface area contributed by atoms with E-state index >= 15 is 0 Å². The van der Waals surface area contributed by atoms with Crippen LogP contribution in [0.1, 0.15) is 20.8 Å². The molecule has 0 bridgehead atoms. The topological polar surface area (TPSA) is 86.4 Å². The smallest absolute Gasteiger partial charge is 0.413 e. The van der Waals surface area contributed by atoms with Crippen LogP contribution >= 0.6 is 0 Å². The standard InChI is InChI=1S/C10H15N3O4/c1-10(2,3)17-9(14)11-8-7(13(15)16)5-6-12(8)4/h5-6H,1-4H3,(H,11,14). The molecule has 0 saturated carbocycles. The van der Waals surface area contributed by atoms with E-state index in [4.69, 9.17) is 4.74 Å². The molecule has 0 saturated heterocycles. The SMILES string of the molecule is Cn1ccc([N+](=O)[O-])c1NC(=O)OC(C)(C)C. The van der Waals surface area contributed by atoms with Gasteiger partial charge in [-0.05, 0) is 20.8 Å². The maximum absolute atomic E-state index is 11.5. The zero-order valence-corrected chi connectivity index (χ0v) is 10.2. The van der Waals surface area contributed by atoms with Gasteiger partial charge in [0.15, 0.2) is 5.82 Å². The second kappa shape index (κ2) is 4.44. The molecule has 0 spiro atoms. The van der Waals surface area contributed by atoms with Crippen LogP contribution in [0.15, 0.2) is 12.3 Å². The third kappa shape index (κ3) is 3.47. The van der Waals surface area contributed by atoms with E-state index in [2.05, 4.69) is 5.32 Å². The minimum atomic E-state index is -0.720. The summed E-state index contributed by atoms with van der Waals surface area (Å²) >= 11 is 0. The predicted molar refractivity (Wildman–Crippen MR) is 61.9 cm³/mol. The van der Waals surface area contributed by atoms with E-state index in [0.29, 0.717) is 0 Å². The van der Waals surface area contributed by atoms with Crippen molar-refractivity contribution in [3.8, 4) is 0 Å². The number of nitrogens with zero attached hydrogens (tertiary/aromatic N) is 2. The highest BCUT2D eigenvalue weighted by molar-refractivity contribution is 5.86. The molecule has 7 nitrogen and oxygen atoms in total. The molecule has 0 unspecified atom stereocenters. The fourth-order valence-corrected chi connectivity index (χ4v) is 1.22. The van der Waals surface area contributed by atoms with Gasteiger partial charge in [0, 0.05) is 19.3 Å². The maximum Gasteiger partial charge on any atom is 0.413 e. The summed E-state index contributed by atoms with van der Waals surface area (Å²) < 4.78 is 6.46. The Morgan fingerprint density at radius 1 is 1.53 bits per heavy atom. The van der Waals surface area contributed by atoms with Gasteiger partial charge in [0.2, 0.25) is 0 Å². The largest absolute Gasteiger partial charge is 0.444 e. The Morgan fingerprint density at radius 3 is 2.59 bits per heavy atom. The molecule has 7 heteroatoms. The number of hydrogen-bond acceptors (Lipinski definition) is 4. The van der Waals surface area contributed by atoms with E-state index in [-0.39, 0.29) is 11.5 Å². The zero-order chi connectivity index (χ0) is 13.2. The molecule has 1 aromatic rings. The monoisotopic (exact) mass is 241 g/mol. The highest BCUT2D eigenvalue weighted by Gasteiger charge is 2.22. The lowest BCUT2D eigenvalue weighted by molar-refractivity contribution is -0.383. The average Bonchev–Trinajstić information content (AvgIpc) is 2.44. The number of carbonyl (C=O) groups is 1. The van der Waals surface area contributed by atoms with Gasteiger partial charge in [0.25, 0.3) is 0 Å². The van der Waals surface area contributed by atoms with E-state index < -0.39 is 16.6 Å². The highest BCUT2D eigenvalue weighted by Crippen LogP contribution is 2.25. The van der Waals surface area contributed by atoms with Crippen LogP contribution in [-0.4, -0.2) is 21.2 Å². The first-order chi connectivity index (χ1) is 7.70. The Hall–Kier alpha value is -2.05. The zero-order valence-electron chi connectivity index (χ0n) is 10.2. The summed E-state index contributed by atoms with van der Waals surface area (Å²) in [5, 5.41) is 13.1. The van der Waals surface area contributed by atoms with Crippen LogP contribution in [-0.2, 0) is 11.8 Å². The van der Waals surface area contributed by atoms with Crippen LogP contribution in [0, 0.1) is 10.1 Å². The lowest BCUT2D eigenvalue weighted by atomic mass is 10.2. The minimum absolute atomic E-state index is 0.101. The molecule has 1 heterocycles. The number of amides is 1. The summed E-state index contributed by atoms with van der Waals surface area (Å²) in [6, 6.07) is 1.31. The van der Waals surface area contributed by atoms with Crippen LogP contribution in [0.5, 0.6) is 0 Å². The van der Waals surface area contributed by atoms with Crippen molar-refractivity contribution in [2.45, 2.75) is 26.4 Å². The molecule has 0 atom stereocenters. The second-order valence-electron chi connectivity index (χ2n) is 4.54. The van der Waals surface area contributed by atoms with E-state index in [0.717, 1.165) is 0 Å². The average molecular weight is 241 g/mol.